The Morgan fingerprint density at radius 3 is 2.95 bits per heavy atom. The van der Waals surface area contributed by atoms with Gasteiger partial charge in [0.05, 0.1) is 12.3 Å². The Labute approximate surface area is 129 Å². The lowest BCUT2D eigenvalue weighted by atomic mass is 10.1. The molecule has 5 nitrogen and oxygen atoms in total. The molecule has 1 unspecified atom stereocenters. The molecule has 1 aromatic rings. The molecule has 6 heteroatoms. The number of rotatable bonds is 6. The molecule has 0 aromatic carbocycles. The van der Waals surface area contributed by atoms with Gasteiger partial charge in [0.2, 0.25) is 0 Å². The molecule has 0 amide bonds. The van der Waals surface area contributed by atoms with E-state index in [-0.39, 0.29) is 6.10 Å². The zero-order valence-electron chi connectivity index (χ0n) is 13.0. The van der Waals surface area contributed by atoms with Crippen molar-refractivity contribution in [2.24, 2.45) is 5.92 Å². The maximum Gasteiger partial charge on any atom is 0.347 e. The van der Waals surface area contributed by atoms with Crippen LogP contribution in [0.5, 0.6) is 0 Å². The number of aromatic carboxylic acids is 1. The molecule has 1 fully saturated rings. The van der Waals surface area contributed by atoms with Crippen molar-refractivity contribution in [2.75, 3.05) is 26.2 Å². The SMILES string of the molecule is CCCN1CCOC(c2nc(CC(C)C)c(C(=O)O)s2)C1. The fourth-order valence-electron chi connectivity index (χ4n) is 2.57. The Morgan fingerprint density at radius 2 is 2.33 bits per heavy atom. The topological polar surface area (TPSA) is 62.7 Å². The van der Waals surface area contributed by atoms with E-state index in [0.29, 0.717) is 29.5 Å². The van der Waals surface area contributed by atoms with Crippen LogP contribution >= 0.6 is 11.3 Å². The van der Waals surface area contributed by atoms with Gasteiger partial charge in [0, 0.05) is 13.1 Å². The number of carboxylic acids is 1. The zero-order chi connectivity index (χ0) is 15.4. The molecule has 1 atom stereocenters. The first kappa shape index (κ1) is 16.4. The molecular formula is C15H24N2O3S. The molecule has 21 heavy (non-hydrogen) atoms. The number of thiazole rings is 1. The van der Waals surface area contributed by atoms with Gasteiger partial charge < -0.3 is 9.84 Å². The molecule has 0 saturated carbocycles. The minimum Gasteiger partial charge on any atom is -0.477 e. The number of hydrogen-bond acceptors (Lipinski definition) is 5. The summed E-state index contributed by atoms with van der Waals surface area (Å²) in [6, 6.07) is 0. The van der Waals surface area contributed by atoms with Gasteiger partial charge in [-0.1, -0.05) is 20.8 Å². The number of aromatic nitrogens is 1. The van der Waals surface area contributed by atoms with E-state index in [1.165, 1.54) is 11.3 Å². The first-order chi connectivity index (χ1) is 10.0. The number of hydrogen-bond donors (Lipinski definition) is 1. The molecule has 1 aromatic heterocycles. The maximum atomic E-state index is 11.4. The molecule has 2 rings (SSSR count). The van der Waals surface area contributed by atoms with Crippen molar-refractivity contribution < 1.29 is 14.6 Å². The van der Waals surface area contributed by atoms with E-state index in [0.717, 1.165) is 31.1 Å². The van der Waals surface area contributed by atoms with Crippen molar-refractivity contribution >= 4 is 17.3 Å². The Hall–Kier alpha value is -0.980. The van der Waals surface area contributed by atoms with Gasteiger partial charge in [-0.3, -0.25) is 4.90 Å². The average Bonchev–Trinajstić information content (AvgIpc) is 2.83. The molecule has 2 heterocycles. The zero-order valence-corrected chi connectivity index (χ0v) is 13.8. The van der Waals surface area contributed by atoms with E-state index in [1.807, 2.05) is 0 Å². The quantitative estimate of drug-likeness (QED) is 0.875. The lowest BCUT2D eigenvalue weighted by Crippen LogP contribution is -2.38. The van der Waals surface area contributed by atoms with Gasteiger partial charge in [0.1, 0.15) is 16.0 Å². The van der Waals surface area contributed by atoms with Crippen LogP contribution in [0, 0.1) is 5.92 Å². The number of carbonyl (C=O) groups is 1. The van der Waals surface area contributed by atoms with Crippen LogP contribution in [0.2, 0.25) is 0 Å². The maximum absolute atomic E-state index is 11.4. The van der Waals surface area contributed by atoms with E-state index in [2.05, 4.69) is 30.7 Å². The van der Waals surface area contributed by atoms with Crippen molar-refractivity contribution in [1.82, 2.24) is 9.88 Å². The van der Waals surface area contributed by atoms with Crippen LogP contribution < -0.4 is 0 Å². The minimum absolute atomic E-state index is 0.0886. The normalized spacial score (nSPS) is 20.1. The van der Waals surface area contributed by atoms with Crippen molar-refractivity contribution in [3.63, 3.8) is 0 Å². The van der Waals surface area contributed by atoms with Gasteiger partial charge in [0.25, 0.3) is 0 Å². The predicted octanol–water partition coefficient (Wildman–Crippen LogP) is 2.82. The third-order valence-corrected chi connectivity index (χ3v) is 4.65. The third kappa shape index (κ3) is 4.25. The van der Waals surface area contributed by atoms with E-state index < -0.39 is 5.97 Å². The molecule has 1 aliphatic heterocycles. The second kappa shape index (κ2) is 7.33. The first-order valence-electron chi connectivity index (χ1n) is 7.58. The summed E-state index contributed by atoms with van der Waals surface area (Å²) in [7, 11) is 0. The molecule has 1 aliphatic rings. The second-order valence-electron chi connectivity index (χ2n) is 5.89. The van der Waals surface area contributed by atoms with Gasteiger partial charge in [-0.2, -0.15) is 0 Å². The van der Waals surface area contributed by atoms with Crippen LogP contribution in [0.15, 0.2) is 0 Å². The van der Waals surface area contributed by atoms with Crippen LogP contribution in [0.25, 0.3) is 0 Å². The minimum atomic E-state index is -0.879. The highest BCUT2D eigenvalue weighted by Crippen LogP contribution is 2.30. The van der Waals surface area contributed by atoms with E-state index in [4.69, 9.17) is 4.74 Å². The first-order valence-corrected chi connectivity index (χ1v) is 8.39. The summed E-state index contributed by atoms with van der Waals surface area (Å²) in [6.07, 6.45) is 1.72. The van der Waals surface area contributed by atoms with Gasteiger partial charge in [0.15, 0.2) is 0 Å². The Morgan fingerprint density at radius 1 is 1.57 bits per heavy atom. The van der Waals surface area contributed by atoms with Crippen LogP contribution in [-0.4, -0.2) is 47.2 Å². The predicted molar refractivity (Wildman–Crippen MR) is 83.0 cm³/mol. The number of carboxylic acid groups (broad SMARTS) is 1. The molecule has 0 spiro atoms. The highest BCUT2D eigenvalue weighted by Gasteiger charge is 2.27. The molecule has 118 valence electrons. The van der Waals surface area contributed by atoms with Crippen LogP contribution in [0.4, 0.5) is 0 Å². The summed E-state index contributed by atoms with van der Waals surface area (Å²) < 4.78 is 5.81. The summed E-state index contributed by atoms with van der Waals surface area (Å²) >= 11 is 1.27. The molecule has 0 bridgehead atoms. The average molecular weight is 312 g/mol. The van der Waals surface area contributed by atoms with Crippen molar-refractivity contribution in [3.8, 4) is 0 Å². The van der Waals surface area contributed by atoms with E-state index in [1.54, 1.807) is 0 Å². The standard InChI is InChI=1S/C15H24N2O3S/c1-4-5-17-6-7-20-12(9-17)14-16-11(8-10(2)3)13(21-14)15(18)19/h10,12H,4-9H2,1-3H3,(H,18,19). The molecule has 0 radical (unpaired) electrons. The summed E-state index contributed by atoms with van der Waals surface area (Å²) in [5.41, 5.74) is 0.703. The highest BCUT2D eigenvalue weighted by atomic mass is 32.1. The van der Waals surface area contributed by atoms with Gasteiger partial charge >= 0.3 is 5.97 Å². The van der Waals surface area contributed by atoms with Crippen molar-refractivity contribution in [2.45, 2.75) is 39.7 Å². The molecule has 1 N–H and O–H groups in total. The van der Waals surface area contributed by atoms with Crippen molar-refractivity contribution in [1.29, 1.82) is 0 Å². The van der Waals surface area contributed by atoms with Crippen LogP contribution in [0.1, 0.15) is 53.7 Å². The summed E-state index contributed by atoms with van der Waals surface area (Å²) in [6.45, 7) is 9.80. The van der Waals surface area contributed by atoms with Gasteiger partial charge in [-0.15, -0.1) is 11.3 Å². The number of morpholine rings is 1. The fraction of sp³-hybridized carbons (Fsp3) is 0.733. The lowest BCUT2D eigenvalue weighted by molar-refractivity contribution is -0.0299. The van der Waals surface area contributed by atoms with E-state index in [9.17, 15) is 9.90 Å². The Bertz CT molecular complexity index is 485. The number of ether oxygens (including phenoxy) is 1. The van der Waals surface area contributed by atoms with Crippen molar-refractivity contribution in [3.05, 3.63) is 15.6 Å². The van der Waals surface area contributed by atoms with E-state index >= 15 is 0 Å². The summed E-state index contributed by atoms with van der Waals surface area (Å²) in [5, 5.41) is 10.2. The third-order valence-electron chi connectivity index (χ3n) is 3.48. The fourth-order valence-corrected chi connectivity index (χ4v) is 3.54. The Balaban J connectivity index is 2.17. The smallest absolute Gasteiger partial charge is 0.347 e. The lowest BCUT2D eigenvalue weighted by Gasteiger charge is -2.31. The molecule has 0 aliphatic carbocycles. The summed E-state index contributed by atoms with van der Waals surface area (Å²) in [4.78, 5) is 18.7. The summed E-state index contributed by atoms with van der Waals surface area (Å²) in [5.74, 6) is -0.488. The van der Waals surface area contributed by atoms with Gasteiger partial charge in [-0.25, -0.2) is 9.78 Å². The van der Waals surface area contributed by atoms with Crippen LogP contribution in [0.3, 0.4) is 0 Å². The second-order valence-corrected chi connectivity index (χ2v) is 6.92. The number of nitrogens with zero attached hydrogens (tertiary/aromatic N) is 2. The molecule has 1 saturated heterocycles. The molecular weight excluding hydrogens is 288 g/mol. The van der Waals surface area contributed by atoms with Crippen LogP contribution in [-0.2, 0) is 11.2 Å². The van der Waals surface area contributed by atoms with Gasteiger partial charge in [-0.05, 0) is 25.3 Å². The Kier molecular flexibility index (Phi) is 5.72. The largest absolute Gasteiger partial charge is 0.477 e. The highest BCUT2D eigenvalue weighted by molar-refractivity contribution is 7.13. The monoisotopic (exact) mass is 312 g/mol.